The summed E-state index contributed by atoms with van der Waals surface area (Å²) in [6, 6.07) is 3.19. The molecule has 1 unspecified atom stereocenters. The molecule has 110 valence electrons. The lowest BCUT2D eigenvalue weighted by Gasteiger charge is -2.18. The van der Waals surface area contributed by atoms with Gasteiger partial charge in [-0.3, -0.25) is 0 Å². The predicted molar refractivity (Wildman–Crippen MR) is 78.5 cm³/mol. The van der Waals surface area contributed by atoms with Gasteiger partial charge in [-0.05, 0) is 34.0 Å². The van der Waals surface area contributed by atoms with Crippen molar-refractivity contribution in [3.05, 3.63) is 17.9 Å². The van der Waals surface area contributed by atoms with E-state index in [2.05, 4.69) is 16.8 Å². The van der Waals surface area contributed by atoms with E-state index in [1.54, 1.807) is 6.07 Å². The van der Waals surface area contributed by atoms with Gasteiger partial charge in [-0.1, -0.05) is 0 Å². The Bertz CT molecular complexity index is 609. The van der Waals surface area contributed by atoms with Crippen LogP contribution in [0.15, 0.2) is 12.1 Å². The molecule has 0 saturated heterocycles. The van der Waals surface area contributed by atoms with Crippen LogP contribution in [-0.2, 0) is 0 Å². The molecule has 6 heteroatoms. The zero-order valence-corrected chi connectivity index (χ0v) is 12.4. The van der Waals surface area contributed by atoms with Crippen LogP contribution in [0.2, 0.25) is 0 Å². The van der Waals surface area contributed by atoms with Crippen LogP contribution >= 0.6 is 0 Å². The van der Waals surface area contributed by atoms with Crippen LogP contribution in [0.4, 0.5) is 10.3 Å². The largest absolute Gasteiger partial charge is 0.494 e. The molecule has 5 nitrogen and oxygen atoms in total. The summed E-state index contributed by atoms with van der Waals surface area (Å²) >= 11 is 0. The van der Waals surface area contributed by atoms with Crippen LogP contribution in [0, 0.1) is 5.82 Å². The molecule has 0 bridgehead atoms. The zero-order chi connectivity index (χ0) is 14.9. The number of nitrogens with zero attached hydrogens (tertiary/aromatic N) is 3. The van der Waals surface area contributed by atoms with Crippen LogP contribution < -0.4 is 10.5 Å². The van der Waals surface area contributed by atoms with E-state index < -0.39 is 5.82 Å². The molecule has 0 amide bonds. The number of benzene rings is 1. The molecule has 1 heterocycles. The Morgan fingerprint density at radius 3 is 2.75 bits per heavy atom. The third-order valence-corrected chi connectivity index (χ3v) is 3.43. The Hall–Kier alpha value is -1.82. The number of aromatic nitrogens is 2. The van der Waals surface area contributed by atoms with Crippen LogP contribution in [0.1, 0.15) is 19.4 Å². The monoisotopic (exact) mass is 280 g/mol. The van der Waals surface area contributed by atoms with E-state index in [4.69, 9.17) is 10.5 Å². The number of methoxy groups -OCH3 is 1. The highest BCUT2D eigenvalue weighted by atomic mass is 19.1. The van der Waals surface area contributed by atoms with Gasteiger partial charge in [-0.15, -0.1) is 0 Å². The molecule has 1 aromatic heterocycles. The number of nitrogen functional groups attached to an aromatic ring is 1. The number of halogens is 1. The Morgan fingerprint density at radius 2 is 2.15 bits per heavy atom. The van der Waals surface area contributed by atoms with Gasteiger partial charge in [-0.25, -0.2) is 9.37 Å². The number of hydrogen-bond acceptors (Lipinski definition) is 4. The van der Waals surface area contributed by atoms with Crippen LogP contribution in [0.5, 0.6) is 5.75 Å². The highest BCUT2D eigenvalue weighted by Gasteiger charge is 2.17. The van der Waals surface area contributed by atoms with Crippen molar-refractivity contribution in [2.45, 2.75) is 19.4 Å². The first-order valence-electron chi connectivity index (χ1n) is 6.59. The first-order valence-corrected chi connectivity index (χ1v) is 6.59. The molecule has 2 aromatic rings. The zero-order valence-electron chi connectivity index (χ0n) is 12.4. The van der Waals surface area contributed by atoms with E-state index in [-0.39, 0.29) is 11.8 Å². The fraction of sp³-hybridized carbons (Fsp3) is 0.500. The van der Waals surface area contributed by atoms with E-state index in [1.165, 1.54) is 13.2 Å². The minimum atomic E-state index is -0.425. The third kappa shape index (κ3) is 2.70. The van der Waals surface area contributed by atoms with Crippen molar-refractivity contribution < 1.29 is 9.13 Å². The molecule has 0 aliphatic heterocycles. The van der Waals surface area contributed by atoms with Crippen molar-refractivity contribution in [3.63, 3.8) is 0 Å². The standard InChI is InChI=1S/C14H21FN4O/c1-9(5-6-18(2)3)19-12-8-13(20-4)10(15)7-11(12)17-14(19)16/h7-9H,5-6H2,1-4H3,(H2,16,17). The maximum Gasteiger partial charge on any atom is 0.201 e. The summed E-state index contributed by atoms with van der Waals surface area (Å²) in [4.78, 5) is 6.35. The Labute approximate surface area is 118 Å². The summed E-state index contributed by atoms with van der Waals surface area (Å²) in [7, 11) is 5.50. The second-order valence-electron chi connectivity index (χ2n) is 5.26. The topological polar surface area (TPSA) is 56.3 Å². The van der Waals surface area contributed by atoms with E-state index in [0.717, 1.165) is 18.5 Å². The molecule has 0 aliphatic rings. The average Bonchev–Trinajstić information content (AvgIpc) is 2.69. The van der Waals surface area contributed by atoms with Gasteiger partial charge < -0.3 is 19.9 Å². The van der Waals surface area contributed by atoms with E-state index in [9.17, 15) is 4.39 Å². The summed E-state index contributed by atoms with van der Waals surface area (Å²) in [5.74, 6) is 0.183. The molecule has 0 spiro atoms. The molecule has 2 N–H and O–H groups in total. The maximum atomic E-state index is 13.7. The number of fused-ring (bicyclic) bond motifs is 1. The minimum absolute atomic E-state index is 0.178. The van der Waals surface area contributed by atoms with Crippen molar-refractivity contribution in [1.82, 2.24) is 14.5 Å². The summed E-state index contributed by atoms with van der Waals surface area (Å²) in [6.07, 6.45) is 0.933. The molecule has 0 aliphatic carbocycles. The molecule has 20 heavy (non-hydrogen) atoms. The Morgan fingerprint density at radius 1 is 1.45 bits per heavy atom. The minimum Gasteiger partial charge on any atom is -0.494 e. The summed E-state index contributed by atoms with van der Waals surface area (Å²) < 4.78 is 20.7. The number of ether oxygens (including phenoxy) is 1. The fourth-order valence-electron chi connectivity index (χ4n) is 2.31. The fourth-order valence-corrected chi connectivity index (χ4v) is 2.31. The van der Waals surface area contributed by atoms with Crippen molar-refractivity contribution >= 4 is 17.0 Å². The number of imidazole rings is 1. The van der Waals surface area contributed by atoms with Gasteiger partial charge >= 0.3 is 0 Å². The molecular formula is C14H21FN4O. The van der Waals surface area contributed by atoms with Crippen LogP contribution in [0.3, 0.4) is 0 Å². The van der Waals surface area contributed by atoms with Crippen molar-refractivity contribution in [3.8, 4) is 5.75 Å². The summed E-state index contributed by atoms with van der Waals surface area (Å²) in [5, 5.41) is 0. The highest BCUT2D eigenvalue weighted by molar-refractivity contribution is 5.80. The molecule has 0 radical (unpaired) electrons. The Kier molecular flexibility index (Phi) is 4.13. The Balaban J connectivity index is 2.44. The first kappa shape index (κ1) is 14.6. The van der Waals surface area contributed by atoms with Gasteiger partial charge in [0.15, 0.2) is 11.6 Å². The SMILES string of the molecule is COc1cc2c(cc1F)nc(N)n2C(C)CCN(C)C. The van der Waals surface area contributed by atoms with E-state index in [0.29, 0.717) is 11.5 Å². The lowest BCUT2D eigenvalue weighted by atomic mass is 10.2. The molecule has 0 fully saturated rings. The van der Waals surface area contributed by atoms with E-state index >= 15 is 0 Å². The number of hydrogen-bond donors (Lipinski definition) is 1. The van der Waals surface area contributed by atoms with E-state index in [1.807, 2.05) is 18.7 Å². The molecule has 2 rings (SSSR count). The van der Waals surface area contributed by atoms with Crippen molar-refractivity contribution in [2.24, 2.45) is 0 Å². The second-order valence-corrected chi connectivity index (χ2v) is 5.26. The lowest BCUT2D eigenvalue weighted by Crippen LogP contribution is -2.18. The lowest BCUT2D eigenvalue weighted by molar-refractivity contribution is 0.361. The van der Waals surface area contributed by atoms with Gasteiger partial charge in [-0.2, -0.15) is 0 Å². The van der Waals surface area contributed by atoms with Gasteiger partial charge in [0.1, 0.15) is 0 Å². The first-order chi connectivity index (χ1) is 9.43. The van der Waals surface area contributed by atoms with Crippen molar-refractivity contribution in [2.75, 3.05) is 33.5 Å². The highest BCUT2D eigenvalue weighted by Crippen LogP contribution is 2.29. The third-order valence-electron chi connectivity index (χ3n) is 3.43. The van der Waals surface area contributed by atoms with Crippen LogP contribution in [-0.4, -0.2) is 42.2 Å². The normalized spacial score (nSPS) is 13.1. The summed E-state index contributed by atoms with van der Waals surface area (Å²) in [6.45, 7) is 3.02. The van der Waals surface area contributed by atoms with Gasteiger partial charge in [0.05, 0.1) is 18.1 Å². The second kappa shape index (κ2) is 5.66. The van der Waals surface area contributed by atoms with Gasteiger partial charge in [0.2, 0.25) is 5.95 Å². The van der Waals surface area contributed by atoms with Gasteiger partial charge in [0, 0.05) is 18.2 Å². The average molecular weight is 280 g/mol. The molecule has 1 aromatic carbocycles. The number of nitrogens with two attached hydrogens (primary N) is 1. The molecule has 1 atom stereocenters. The smallest absolute Gasteiger partial charge is 0.201 e. The molecular weight excluding hydrogens is 259 g/mol. The van der Waals surface area contributed by atoms with Crippen LogP contribution in [0.25, 0.3) is 11.0 Å². The number of anilines is 1. The van der Waals surface area contributed by atoms with Crippen molar-refractivity contribution in [1.29, 1.82) is 0 Å². The quantitative estimate of drug-likeness (QED) is 0.913. The van der Waals surface area contributed by atoms with Gasteiger partial charge in [0.25, 0.3) is 0 Å². The number of rotatable bonds is 5. The summed E-state index contributed by atoms with van der Waals surface area (Å²) in [5.41, 5.74) is 7.33. The maximum absolute atomic E-state index is 13.7. The molecule has 0 saturated carbocycles. The predicted octanol–water partition coefficient (Wildman–Crippen LogP) is 2.28.